The molecule has 0 bridgehead atoms. The van der Waals surface area contributed by atoms with E-state index in [2.05, 4.69) is 15.6 Å². The molecule has 3 aliphatic heterocycles. The zero-order chi connectivity index (χ0) is 23.9. The van der Waals surface area contributed by atoms with Gasteiger partial charge in [-0.3, -0.25) is 24.6 Å². The molecule has 1 aliphatic carbocycles. The first-order chi connectivity index (χ1) is 17.0. The maximum Gasteiger partial charge on any atom is 0.255 e. The Labute approximate surface area is 213 Å². The van der Waals surface area contributed by atoms with Crippen molar-refractivity contribution >= 4 is 40.8 Å². The highest BCUT2D eigenvalue weighted by atomic mass is 32.2. The number of aromatic nitrogens is 1. The van der Waals surface area contributed by atoms with E-state index in [0.717, 1.165) is 39.6 Å². The third-order valence-corrected chi connectivity index (χ3v) is 10.1. The van der Waals surface area contributed by atoms with Crippen molar-refractivity contribution in [2.24, 2.45) is 11.8 Å². The van der Waals surface area contributed by atoms with Crippen LogP contribution in [0.25, 0.3) is 0 Å². The number of likely N-dealkylation sites (tertiary alicyclic amines) is 1. The molecule has 4 aliphatic rings. The number of carbonyl (C=O) groups is 3. The van der Waals surface area contributed by atoms with E-state index in [1.165, 1.54) is 44.5 Å². The minimum Gasteiger partial charge on any atom is -0.322 e. The van der Waals surface area contributed by atoms with Crippen LogP contribution in [0.1, 0.15) is 65.1 Å². The fraction of sp³-hybridized carbons (Fsp3) is 0.538. The fourth-order valence-electron chi connectivity index (χ4n) is 6.18. The molecule has 1 saturated carbocycles. The summed E-state index contributed by atoms with van der Waals surface area (Å²) in [6.45, 7) is 3.80. The van der Waals surface area contributed by atoms with Crippen LogP contribution in [0.5, 0.6) is 0 Å². The molecular weight excluding hydrogens is 480 g/mol. The number of carbonyl (C=O) groups excluding carboxylic acids is 3. The number of piperidine rings is 1. The number of thiazole rings is 1. The maximum atomic E-state index is 13.0. The summed E-state index contributed by atoms with van der Waals surface area (Å²) in [6, 6.07) is 5.21. The lowest BCUT2D eigenvalue weighted by atomic mass is 9.82. The van der Waals surface area contributed by atoms with Crippen molar-refractivity contribution in [3.63, 3.8) is 0 Å². The summed E-state index contributed by atoms with van der Waals surface area (Å²) in [6.07, 6.45) is 6.23. The molecule has 3 fully saturated rings. The first-order valence-electron chi connectivity index (χ1n) is 12.6. The summed E-state index contributed by atoms with van der Waals surface area (Å²) >= 11 is 3.42. The first-order valence-corrected chi connectivity index (χ1v) is 14.5. The van der Waals surface area contributed by atoms with E-state index in [9.17, 15) is 14.4 Å². The largest absolute Gasteiger partial charge is 0.322 e. The zero-order valence-electron chi connectivity index (χ0n) is 19.7. The molecule has 3 amide bonds. The molecule has 9 heteroatoms. The van der Waals surface area contributed by atoms with Gasteiger partial charge in [0.1, 0.15) is 11.0 Å². The summed E-state index contributed by atoms with van der Waals surface area (Å²) in [5.41, 5.74) is 2.81. The highest BCUT2D eigenvalue weighted by Crippen LogP contribution is 2.38. The van der Waals surface area contributed by atoms with Crippen LogP contribution in [0, 0.1) is 11.8 Å². The van der Waals surface area contributed by atoms with Gasteiger partial charge >= 0.3 is 0 Å². The van der Waals surface area contributed by atoms with Gasteiger partial charge in [-0.15, -0.1) is 23.1 Å². The highest BCUT2D eigenvalue weighted by Gasteiger charge is 2.40. The second kappa shape index (κ2) is 9.67. The standard InChI is InChI=1S/C26H30N4O3S2/c31-23-9-8-21(25(32)28-23)30-13-20-19(26(30)33)6-3-7-22(20)34-15-24-27-18(14-35-24)12-29-10-16-4-1-2-5-17(16)11-29/h3,6-7,14,16-17,21H,1-2,4-5,8-13,15H2,(H,28,31,32). The number of nitrogens with zero attached hydrogens (tertiary/aromatic N) is 3. The van der Waals surface area contributed by atoms with Crippen molar-refractivity contribution < 1.29 is 14.4 Å². The number of fused-ring (bicyclic) bond motifs is 2. The molecule has 1 aromatic carbocycles. The van der Waals surface area contributed by atoms with Gasteiger partial charge in [0.25, 0.3) is 5.91 Å². The Kier molecular flexibility index (Phi) is 6.41. The van der Waals surface area contributed by atoms with Gasteiger partial charge in [-0.1, -0.05) is 18.9 Å². The molecule has 7 nitrogen and oxygen atoms in total. The van der Waals surface area contributed by atoms with E-state index < -0.39 is 6.04 Å². The van der Waals surface area contributed by atoms with Gasteiger partial charge < -0.3 is 4.90 Å². The SMILES string of the molecule is O=C1CCC(N2Cc3c(SCc4nc(CN5CC6CCCCC6C5)cs4)cccc3C2=O)C(=O)N1. The molecule has 1 aromatic heterocycles. The number of nitrogens with one attached hydrogen (secondary N) is 1. The third kappa shape index (κ3) is 4.66. The van der Waals surface area contributed by atoms with Gasteiger partial charge in [-0.2, -0.15) is 0 Å². The molecule has 35 heavy (non-hydrogen) atoms. The van der Waals surface area contributed by atoms with Gasteiger partial charge in [-0.25, -0.2) is 4.98 Å². The molecule has 2 aromatic rings. The lowest BCUT2D eigenvalue weighted by Gasteiger charge is -2.29. The van der Waals surface area contributed by atoms with Crippen LogP contribution < -0.4 is 5.32 Å². The predicted molar refractivity (Wildman–Crippen MR) is 135 cm³/mol. The number of benzene rings is 1. The fourth-order valence-corrected chi connectivity index (χ4v) is 8.07. The van der Waals surface area contributed by atoms with Crippen molar-refractivity contribution in [2.45, 2.75) is 68.3 Å². The molecule has 6 rings (SSSR count). The third-order valence-electron chi connectivity index (χ3n) is 7.93. The summed E-state index contributed by atoms with van der Waals surface area (Å²) in [4.78, 5) is 47.1. The van der Waals surface area contributed by atoms with Crippen molar-refractivity contribution in [3.8, 4) is 0 Å². The Hall–Kier alpha value is -2.23. The van der Waals surface area contributed by atoms with Crippen LogP contribution in [-0.2, 0) is 28.4 Å². The molecular formula is C26H30N4O3S2. The van der Waals surface area contributed by atoms with Crippen LogP contribution in [0.3, 0.4) is 0 Å². The monoisotopic (exact) mass is 510 g/mol. The van der Waals surface area contributed by atoms with E-state index in [0.29, 0.717) is 18.5 Å². The number of thioether (sulfide) groups is 1. The molecule has 1 N–H and O–H groups in total. The van der Waals surface area contributed by atoms with E-state index >= 15 is 0 Å². The number of rotatable bonds is 6. The van der Waals surface area contributed by atoms with Crippen LogP contribution in [0.2, 0.25) is 0 Å². The van der Waals surface area contributed by atoms with Crippen molar-refractivity contribution in [2.75, 3.05) is 13.1 Å². The van der Waals surface area contributed by atoms with Gasteiger partial charge in [0.2, 0.25) is 11.8 Å². The molecule has 4 heterocycles. The molecule has 3 atom stereocenters. The number of hydrogen-bond donors (Lipinski definition) is 1. The van der Waals surface area contributed by atoms with Gasteiger partial charge in [0.05, 0.1) is 11.4 Å². The lowest BCUT2D eigenvalue weighted by molar-refractivity contribution is -0.136. The summed E-state index contributed by atoms with van der Waals surface area (Å²) in [7, 11) is 0. The summed E-state index contributed by atoms with van der Waals surface area (Å²) in [5.74, 6) is 1.78. The number of imide groups is 1. The summed E-state index contributed by atoms with van der Waals surface area (Å²) < 4.78 is 0. The number of amides is 3. The smallest absolute Gasteiger partial charge is 0.255 e. The molecule has 184 valence electrons. The predicted octanol–water partition coefficient (Wildman–Crippen LogP) is 3.82. The zero-order valence-corrected chi connectivity index (χ0v) is 21.3. The van der Waals surface area contributed by atoms with E-state index in [-0.39, 0.29) is 24.1 Å². The van der Waals surface area contributed by atoms with Crippen molar-refractivity contribution in [3.05, 3.63) is 45.4 Å². The quantitative estimate of drug-likeness (QED) is 0.470. The van der Waals surface area contributed by atoms with Crippen LogP contribution in [0.4, 0.5) is 0 Å². The molecule has 3 unspecified atom stereocenters. The highest BCUT2D eigenvalue weighted by molar-refractivity contribution is 7.98. The van der Waals surface area contributed by atoms with Gasteiger partial charge in [-0.05, 0) is 48.8 Å². The maximum absolute atomic E-state index is 13.0. The normalized spacial score (nSPS) is 26.7. The second-order valence-electron chi connectivity index (χ2n) is 10.2. The van der Waals surface area contributed by atoms with Crippen molar-refractivity contribution in [1.29, 1.82) is 0 Å². The first kappa shape index (κ1) is 23.2. The Morgan fingerprint density at radius 3 is 2.66 bits per heavy atom. The average Bonchev–Trinajstić information content (AvgIpc) is 3.55. The average molecular weight is 511 g/mol. The Morgan fingerprint density at radius 1 is 1.09 bits per heavy atom. The molecule has 0 spiro atoms. The van der Waals surface area contributed by atoms with E-state index in [4.69, 9.17) is 4.98 Å². The van der Waals surface area contributed by atoms with E-state index in [1.807, 2.05) is 18.2 Å². The Morgan fingerprint density at radius 2 is 1.89 bits per heavy atom. The minimum atomic E-state index is -0.582. The summed E-state index contributed by atoms with van der Waals surface area (Å²) in [5, 5.41) is 5.67. The topological polar surface area (TPSA) is 82.6 Å². The second-order valence-corrected chi connectivity index (χ2v) is 12.2. The van der Waals surface area contributed by atoms with Crippen molar-refractivity contribution in [1.82, 2.24) is 20.1 Å². The van der Waals surface area contributed by atoms with Crippen LogP contribution >= 0.6 is 23.1 Å². The number of hydrogen-bond acceptors (Lipinski definition) is 7. The van der Waals surface area contributed by atoms with Crippen LogP contribution in [-0.4, -0.2) is 51.6 Å². The van der Waals surface area contributed by atoms with E-state index in [1.54, 1.807) is 28.0 Å². The lowest BCUT2D eigenvalue weighted by Crippen LogP contribution is -2.52. The van der Waals surface area contributed by atoms with Crippen LogP contribution in [0.15, 0.2) is 28.5 Å². The molecule has 2 saturated heterocycles. The van der Waals surface area contributed by atoms with Gasteiger partial charge in [0.15, 0.2) is 0 Å². The Bertz CT molecular complexity index is 1150. The van der Waals surface area contributed by atoms with Gasteiger partial charge in [0, 0.05) is 48.4 Å². The Balaban J connectivity index is 1.08. The minimum absolute atomic E-state index is 0.125. The molecule has 0 radical (unpaired) electrons.